The van der Waals surface area contributed by atoms with Crippen LogP contribution in [-0.4, -0.2) is 31.3 Å². The maximum Gasteiger partial charge on any atom is 0.138 e. The van der Waals surface area contributed by atoms with Gasteiger partial charge in [0.2, 0.25) is 0 Å². The van der Waals surface area contributed by atoms with Gasteiger partial charge in [0.15, 0.2) is 0 Å². The van der Waals surface area contributed by atoms with Crippen LogP contribution >= 0.6 is 0 Å². The van der Waals surface area contributed by atoms with E-state index in [1.807, 2.05) is 20.0 Å². The zero-order valence-electron chi connectivity index (χ0n) is 11.7. The molecule has 1 atom stereocenters. The second kappa shape index (κ2) is 6.38. The van der Waals surface area contributed by atoms with Gasteiger partial charge in [-0.1, -0.05) is 6.92 Å². The van der Waals surface area contributed by atoms with E-state index in [1.165, 1.54) is 0 Å². The molecule has 1 unspecified atom stereocenters. The van der Waals surface area contributed by atoms with E-state index in [1.54, 1.807) is 17.2 Å². The Morgan fingerprint density at radius 1 is 1.37 bits per heavy atom. The quantitative estimate of drug-likeness (QED) is 0.845. The van der Waals surface area contributed by atoms with Gasteiger partial charge in [-0.3, -0.25) is 4.68 Å². The maximum absolute atomic E-state index is 4.51. The van der Waals surface area contributed by atoms with Crippen molar-refractivity contribution in [3.63, 3.8) is 0 Å². The zero-order chi connectivity index (χ0) is 13.7. The fraction of sp³-hybridized carbons (Fsp3) is 0.538. The first-order chi connectivity index (χ1) is 9.20. The highest BCUT2D eigenvalue weighted by Gasteiger charge is 2.16. The molecule has 0 aliphatic heterocycles. The Balaban J connectivity index is 2.18. The van der Waals surface area contributed by atoms with Crippen molar-refractivity contribution in [1.82, 2.24) is 30.0 Å². The topological polar surface area (TPSA) is 68.5 Å². The number of nitrogens with zero attached hydrogens (tertiary/aromatic N) is 5. The van der Waals surface area contributed by atoms with Gasteiger partial charge in [0.25, 0.3) is 0 Å². The molecule has 0 aromatic carbocycles. The minimum absolute atomic E-state index is 0.143. The monoisotopic (exact) mass is 260 g/mol. The second-order valence-electron chi connectivity index (χ2n) is 4.54. The maximum atomic E-state index is 4.51. The molecule has 6 nitrogen and oxygen atoms in total. The zero-order valence-corrected chi connectivity index (χ0v) is 11.7. The van der Waals surface area contributed by atoms with Crippen molar-refractivity contribution in [3.8, 4) is 0 Å². The van der Waals surface area contributed by atoms with E-state index in [9.17, 15) is 0 Å². The van der Waals surface area contributed by atoms with Crippen LogP contribution in [0.2, 0.25) is 0 Å². The van der Waals surface area contributed by atoms with Crippen molar-refractivity contribution in [1.29, 1.82) is 0 Å². The Labute approximate surface area is 113 Å². The first-order valence-corrected chi connectivity index (χ1v) is 6.56. The van der Waals surface area contributed by atoms with Crippen molar-refractivity contribution in [3.05, 3.63) is 35.9 Å². The Hall–Kier alpha value is -1.82. The number of aromatic nitrogens is 5. The van der Waals surface area contributed by atoms with Crippen LogP contribution in [-0.2, 0) is 13.5 Å². The van der Waals surface area contributed by atoms with E-state index >= 15 is 0 Å². The van der Waals surface area contributed by atoms with Crippen molar-refractivity contribution >= 4 is 0 Å². The Morgan fingerprint density at radius 2 is 2.21 bits per heavy atom. The lowest BCUT2D eigenvalue weighted by atomic mass is 10.1. The van der Waals surface area contributed by atoms with E-state index in [0.717, 1.165) is 36.7 Å². The summed E-state index contributed by atoms with van der Waals surface area (Å²) in [6.45, 7) is 5.01. The molecule has 0 saturated carbocycles. The smallest absolute Gasteiger partial charge is 0.138 e. The molecule has 0 bridgehead atoms. The molecule has 0 saturated heterocycles. The Morgan fingerprint density at radius 3 is 2.84 bits per heavy atom. The van der Waals surface area contributed by atoms with Crippen LogP contribution < -0.4 is 5.32 Å². The molecule has 0 radical (unpaired) electrons. The summed E-state index contributed by atoms with van der Waals surface area (Å²) in [5, 5.41) is 7.61. The van der Waals surface area contributed by atoms with E-state index in [-0.39, 0.29) is 6.04 Å². The predicted molar refractivity (Wildman–Crippen MR) is 72.5 cm³/mol. The van der Waals surface area contributed by atoms with Crippen molar-refractivity contribution in [2.24, 2.45) is 7.05 Å². The van der Waals surface area contributed by atoms with E-state index in [4.69, 9.17) is 0 Å². The van der Waals surface area contributed by atoms with Gasteiger partial charge in [0.05, 0.1) is 11.7 Å². The van der Waals surface area contributed by atoms with E-state index in [2.05, 4.69) is 32.3 Å². The van der Waals surface area contributed by atoms with Crippen LogP contribution in [0.5, 0.6) is 0 Å². The third-order valence-electron chi connectivity index (χ3n) is 2.99. The summed E-state index contributed by atoms with van der Waals surface area (Å²) in [4.78, 5) is 12.9. The van der Waals surface area contributed by atoms with Crippen LogP contribution in [0.1, 0.15) is 36.7 Å². The lowest BCUT2D eigenvalue weighted by Crippen LogP contribution is -2.26. The number of rotatable bonds is 6. The highest BCUT2D eigenvalue weighted by atomic mass is 15.3. The number of hydrogen-bond acceptors (Lipinski definition) is 5. The van der Waals surface area contributed by atoms with Crippen molar-refractivity contribution in [2.75, 3.05) is 6.54 Å². The van der Waals surface area contributed by atoms with Gasteiger partial charge >= 0.3 is 0 Å². The van der Waals surface area contributed by atoms with Crippen LogP contribution in [0.25, 0.3) is 0 Å². The second-order valence-corrected chi connectivity index (χ2v) is 4.54. The molecule has 2 heterocycles. The average molecular weight is 260 g/mol. The first-order valence-electron chi connectivity index (χ1n) is 6.56. The lowest BCUT2D eigenvalue weighted by Gasteiger charge is -2.17. The average Bonchev–Trinajstić information content (AvgIpc) is 2.80. The molecular weight excluding hydrogens is 240 g/mol. The summed E-state index contributed by atoms with van der Waals surface area (Å²) >= 11 is 0. The van der Waals surface area contributed by atoms with Gasteiger partial charge in [0, 0.05) is 19.7 Å². The highest BCUT2D eigenvalue weighted by Crippen LogP contribution is 2.15. The molecular formula is C13H20N6. The molecule has 2 aromatic rings. The van der Waals surface area contributed by atoms with Crippen molar-refractivity contribution in [2.45, 2.75) is 32.7 Å². The number of aryl methyl sites for hydroxylation is 2. The van der Waals surface area contributed by atoms with Gasteiger partial charge in [-0.05, 0) is 26.0 Å². The lowest BCUT2D eigenvalue weighted by molar-refractivity contribution is 0.494. The fourth-order valence-corrected chi connectivity index (χ4v) is 1.96. The minimum atomic E-state index is 0.143. The molecule has 0 fully saturated rings. The Kier molecular flexibility index (Phi) is 4.57. The highest BCUT2D eigenvalue weighted by molar-refractivity contribution is 5.09. The molecule has 102 valence electrons. The Bertz CT molecular complexity index is 521. The van der Waals surface area contributed by atoms with Gasteiger partial charge in [-0.15, -0.1) is 0 Å². The summed E-state index contributed by atoms with van der Waals surface area (Å²) in [5.74, 6) is 1.74. The van der Waals surface area contributed by atoms with Crippen LogP contribution in [0.3, 0.4) is 0 Å². The predicted octanol–water partition coefficient (Wildman–Crippen LogP) is 1.20. The summed E-state index contributed by atoms with van der Waals surface area (Å²) in [6.07, 6.45) is 5.23. The summed E-state index contributed by atoms with van der Waals surface area (Å²) in [6, 6.07) is 2.10. The van der Waals surface area contributed by atoms with Crippen LogP contribution in [0.15, 0.2) is 18.6 Å². The SMILES string of the molecule is CCCNC(Cc1ncnn1C)c1ccnc(C)n1. The van der Waals surface area contributed by atoms with E-state index < -0.39 is 0 Å². The molecule has 2 rings (SSSR count). The summed E-state index contributed by atoms with van der Waals surface area (Å²) in [7, 11) is 1.91. The van der Waals surface area contributed by atoms with Crippen LogP contribution in [0.4, 0.5) is 0 Å². The van der Waals surface area contributed by atoms with Gasteiger partial charge in [-0.25, -0.2) is 15.0 Å². The normalized spacial score (nSPS) is 12.6. The van der Waals surface area contributed by atoms with E-state index in [0.29, 0.717) is 0 Å². The largest absolute Gasteiger partial charge is 0.308 e. The summed E-state index contributed by atoms with van der Waals surface area (Å²) in [5.41, 5.74) is 1.00. The van der Waals surface area contributed by atoms with Gasteiger partial charge in [0.1, 0.15) is 18.0 Å². The third kappa shape index (κ3) is 3.57. The molecule has 1 N–H and O–H groups in total. The van der Waals surface area contributed by atoms with Gasteiger partial charge in [-0.2, -0.15) is 5.10 Å². The number of nitrogens with one attached hydrogen (secondary N) is 1. The molecule has 6 heteroatoms. The molecule has 2 aromatic heterocycles. The number of hydrogen-bond donors (Lipinski definition) is 1. The van der Waals surface area contributed by atoms with Crippen LogP contribution in [0, 0.1) is 6.92 Å². The standard InChI is InChI=1S/C13H20N6/c1-4-6-15-12(8-13-16-9-17-19(13)3)11-5-7-14-10(2)18-11/h5,7,9,12,15H,4,6,8H2,1-3H3. The summed E-state index contributed by atoms with van der Waals surface area (Å²) < 4.78 is 1.80. The van der Waals surface area contributed by atoms with Crippen molar-refractivity contribution < 1.29 is 0 Å². The fourth-order valence-electron chi connectivity index (χ4n) is 1.96. The third-order valence-corrected chi connectivity index (χ3v) is 2.99. The minimum Gasteiger partial charge on any atom is -0.308 e. The molecule has 0 aliphatic carbocycles. The molecule has 0 spiro atoms. The molecule has 0 aliphatic rings. The van der Waals surface area contributed by atoms with Gasteiger partial charge < -0.3 is 5.32 Å². The molecule has 19 heavy (non-hydrogen) atoms. The molecule has 0 amide bonds. The first kappa shape index (κ1) is 13.6.